The number of aryl methyl sites for hydroxylation is 1. The zero-order valence-electron chi connectivity index (χ0n) is 16.6. The maximum absolute atomic E-state index is 12.7. The highest BCUT2D eigenvalue weighted by atomic mass is 16.5. The van der Waals surface area contributed by atoms with Gasteiger partial charge in [0, 0.05) is 5.69 Å². The molecule has 0 radical (unpaired) electrons. The first kappa shape index (κ1) is 19.4. The van der Waals surface area contributed by atoms with Crippen molar-refractivity contribution in [2.45, 2.75) is 13.8 Å². The van der Waals surface area contributed by atoms with Crippen molar-refractivity contribution in [1.29, 1.82) is 0 Å². The monoisotopic (exact) mass is 400 g/mol. The molecule has 3 aromatic carbocycles. The fourth-order valence-electron chi connectivity index (χ4n) is 3.12. The lowest BCUT2D eigenvalue weighted by atomic mass is 10.1. The van der Waals surface area contributed by atoms with Crippen LogP contribution in [-0.2, 0) is 9.53 Å². The van der Waals surface area contributed by atoms with Crippen LogP contribution < -0.4 is 5.32 Å². The first-order valence-electron chi connectivity index (χ1n) is 9.51. The number of nitrogens with one attached hydrogen (secondary N) is 1. The summed E-state index contributed by atoms with van der Waals surface area (Å²) in [5, 5.41) is 2.77. The van der Waals surface area contributed by atoms with E-state index >= 15 is 0 Å². The van der Waals surface area contributed by atoms with E-state index in [4.69, 9.17) is 9.15 Å². The molecule has 0 aliphatic rings. The third-order valence-electron chi connectivity index (χ3n) is 4.88. The maximum Gasteiger partial charge on any atom is 0.339 e. The Morgan fingerprint density at radius 2 is 1.73 bits per heavy atom. The Morgan fingerprint density at radius 3 is 2.57 bits per heavy atom. The number of rotatable bonds is 5. The van der Waals surface area contributed by atoms with Gasteiger partial charge in [0.15, 0.2) is 12.2 Å². The summed E-state index contributed by atoms with van der Waals surface area (Å²) in [4.78, 5) is 29.4. The van der Waals surface area contributed by atoms with E-state index in [1.54, 1.807) is 24.3 Å². The van der Waals surface area contributed by atoms with Crippen LogP contribution in [0.4, 0.5) is 5.69 Å². The molecule has 0 unspecified atom stereocenters. The standard InChI is InChI=1S/C24H20N2O4/c1-15-8-7-12-19(16(15)2)25-22(27)14-29-24(28)18-10-4-3-9-17(18)23-26-20-11-5-6-13-21(20)30-23/h3-13H,14H2,1-2H3,(H,25,27). The van der Waals surface area contributed by atoms with E-state index in [0.29, 0.717) is 28.2 Å². The first-order chi connectivity index (χ1) is 14.5. The molecule has 1 amide bonds. The topological polar surface area (TPSA) is 81.4 Å². The summed E-state index contributed by atoms with van der Waals surface area (Å²) in [5.41, 5.74) is 4.85. The first-order valence-corrected chi connectivity index (χ1v) is 9.51. The molecule has 4 aromatic rings. The van der Waals surface area contributed by atoms with E-state index in [0.717, 1.165) is 11.1 Å². The van der Waals surface area contributed by atoms with Crippen LogP contribution in [0.5, 0.6) is 0 Å². The van der Waals surface area contributed by atoms with Crippen molar-refractivity contribution < 1.29 is 18.7 Å². The normalized spacial score (nSPS) is 10.7. The van der Waals surface area contributed by atoms with Crippen LogP contribution in [0.3, 0.4) is 0 Å². The Hall–Kier alpha value is -3.93. The van der Waals surface area contributed by atoms with E-state index in [9.17, 15) is 9.59 Å². The molecule has 0 fully saturated rings. The average molecular weight is 400 g/mol. The quantitative estimate of drug-likeness (QED) is 0.482. The molecule has 1 N–H and O–H groups in total. The molecule has 6 heteroatoms. The molecule has 0 spiro atoms. The largest absolute Gasteiger partial charge is 0.452 e. The van der Waals surface area contributed by atoms with Crippen LogP contribution in [0.25, 0.3) is 22.6 Å². The summed E-state index contributed by atoms with van der Waals surface area (Å²) in [7, 11) is 0. The van der Waals surface area contributed by atoms with Gasteiger partial charge in [-0.15, -0.1) is 0 Å². The van der Waals surface area contributed by atoms with Gasteiger partial charge in [0.1, 0.15) is 5.52 Å². The number of hydrogen-bond acceptors (Lipinski definition) is 5. The molecule has 0 aliphatic heterocycles. The van der Waals surface area contributed by atoms with Crippen LogP contribution in [0.2, 0.25) is 0 Å². The number of esters is 1. The molecule has 0 bridgehead atoms. The number of benzene rings is 3. The van der Waals surface area contributed by atoms with Gasteiger partial charge in [-0.05, 0) is 55.3 Å². The van der Waals surface area contributed by atoms with Crippen LogP contribution in [-0.4, -0.2) is 23.5 Å². The van der Waals surface area contributed by atoms with Crippen molar-refractivity contribution in [3.63, 3.8) is 0 Å². The minimum absolute atomic E-state index is 0.281. The number of aromatic nitrogens is 1. The van der Waals surface area contributed by atoms with E-state index < -0.39 is 18.5 Å². The van der Waals surface area contributed by atoms with Gasteiger partial charge in [-0.25, -0.2) is 9.78 Å². The number of para-hydroxylation sites is 2. The number of carbonyl (C=O) groups is 2. The van der Waals surface area contributed by atoms with Crippen molar-refractivity contribution in [3.8, 4) is 11.5 Å². The smallest absolute Gasteiger partial charge is 0.339 e. The molecule has 30 heavy (non-hydrogen) atoms. The van der Waals surface area contributed by atoms with E-state index in [1.165, 1.54) is 0 Å². The van der Waals surface area contributed by atoms with Crippen molar-refractivity contribution in [3.05, 3.63) is 83.4 Å². The van der Waals surface area contributed by atoms with Gasteiger partial charge in [-0.2, -0.15) is 0 Å². The number of nitrogens with zero attached hydrogens (tertiary/aromatic N) is 1. The number of anilines is 1. The number of amides is 1. The van der Waals surface area contributed by atoms with E-state index in [2.05, 4.69) is 10.3 Å². The number of oxazole rings is 1. The lowest BCUT2D eigenvalue weighted by Gasteiger charge is -2.11. The number of carbonyl (C=O) groups excluding carboxylic acids is 2. The summed E-state index contributed by atoms with van der Waals surface area (Å²) in [6, 6.07) is 19.9. The minimum atomic E-state index is -0.621. The number of ether oxygens (including phenoxy) is 1. The Labute approximate surface area is 173 Å². The molecule has 0 aliphatic carbocycles. The lowest BCUT2D eigenvalue weighted by Crippen LogP contribution is -2.21. The predicted octanol–water partition coefficient (Wildman–Crippen LogP) is 4.91. The molecular formula is C24H20N2O4. The summed E-state index contributed by atoms with van der Waals surface area (Å²) >= 11 is 0. The second-order valence-corrected chi connectivity index (χ2v) is 6.90. The van der Waals surface area contributed by atoms with E-state index in [-0.39, 0.29) is 5.56 Å². The van der Waals surface area contributed by atoms with Gasteiger partial charge in [0.2, 0.25) is 5.89 Å². The number of hydrogen-bond donors (Lipinski definition) is 1. The fourth-order valence-corrected chi connectivity index (χ4v) is 3.12. The summed E-state index contributed by atoms with van der Waals surface area (Å²) in [6.07, 6.45) is 0. The molecular weight excluding hydrogens is 380 g/mol. The summed E-state index contributed by atoms with van der Waals surface area (Å²) in [5.74, 6) is -0.705. The molecule has 1 aromatic heterocycles. The van der Waals surface area contributed by atoms with Crippen LogP contribution >= 0.6 is 0 Å². The second kappa shape index (κ2) is 8.21. The summed E-state index contributed by atoms with van der Waals surface area (Å²) in [6.45, 7) is 3.50. The van der Waals surface area contributed by atoms with Gasteiger partial charge in [-0.1, -0.05) is 36.4 Å². The molecule has 0 atom stereocenters. The van der Waals surface area contributed by atoms with Crippen molar-refractivity contribution in [1.82, 2.24) is 4.98 Å². The Kier molecular flexibility index (Phi) is 5.30. The van der Waals surface area contributed by atoms with Gasteiger partial charge < -0.3 is 14.5 Å². The van der Waals surface area contributed by atoms with Crippen molar-refractivity contribution in [2.75, 3.05) is 11.9 Å². The maximum atomic E-state index is 12.7. The third-order valence-corrected chi connectivity index (χ3v) is 4.88. The zero-order valence-corrected chi connectivity index (χ0v) is 16.6. The molecule has 0 saturated heterocycles. The Morgan fingerprint density at radius 1 is 0.967 bits per heavy atom. The highest BCUT2D eigenvalue weighted by molar-refractivity contribution is 5.99. The van der Waals surface area contributed by atoms with Gasteiger partial charge in [0.05, 0.1) is 11.1 Å². The zero-order chi connectivity index (χ0) is 21.1. The van der Waals surface area contributed by atoms with Gasteiger partial charge in [0.25, 0.3) is 5.91 Å². The number of fused-ring (bicyclic) bond motifs is 1. The fraction of sp³-hybridized carbons (Fsp3) is 0.125. The molecule has 0 saturated carbocycles. The molecule has 1 heterocycles. The van der Waals surface area contributed by atoms with Gasteiger partial charge >= 0.3 is 5.97 Å². The van der Waals surface area contributed by atoms with E-state index in [1.807, 2.05) is 56.3 Å². The summed E-state index contributed by atoms with van der Waals surface area (Å²) < 4.78 is 11.0. The Balaban J connectivity index is 1.49. The minimum Gasteiger partial charge on any atom is -0.452 e. The lowest BCUT2D eigenvalue weighted by molar-refractivity contribution is -0.119. The van der Waals surface area contributed by atoms with Crippen molar-refractivity contribution in [2.24, 2.45) is 0 Å². The Bertz CT molecular complexity index is 1210. The van der Waals surface area contributed by atoms with Crippen molar-refractivity contribution >= 4 is 28.7 Å². The average Bonchev–Trinajstić information content (AvgIpc) is 3.19. The highest BCUT2D eigenvalue weighted by Crippen LogP contribution is 2.27. The highest BCUT2D eigenvalue weighted by Gasteiger charge is 2.19. The van der Waals surface area contributed by atoms with Crippen LogP contribution in [0.15, 0.2) is 71.1 Å². The molecule has 150 valence electrons. The van der Waals surface area contributed by atoms with Gasteiger partial charge in [-0.3, -0.25) is 4.79 Å². The third kappa shape index (κ3) is 3.93. The predicted molar refractivity (Wildman–Crippen MR) is 114 cm³/mol. The van der Waals surface area contributed by atoms with Crippen LogP contribution in [0, 0.1) is 13.8 Å². The second-order valence-electron chi connectivity index (χ2n) is 6.90. The SMILES string of the molecule is Cc1cccc(NC(=O)COC(=O)c2ccccc2-c2nc3ccccc3o2)c1C. The molecule has 6 nitrogen and oxygen atoms in total. The van der Waals surface area contributed by atoms with Crippen LogP contribution in [0.1, 0.15) is 21.5 Å². The molecule has 4 rings (SSSR count).